The van der Waals surface area contributed by atoms with Gasteiger partial charge in [-0.15, -0.1) is 0 Å². The smallest absolute Gasteiger partial charge is 0.191 e. The summed E-state index contributed by atoms with van der Waals surface area (Å²) >= 11 is 1.51. The first kappa shape index (κ1) is 12.4. The van der Waals surface area contributed by atoms with Crippen LogP contribution in [0.3, 0.4) is 0 Å². The van der Waals surface area contributed by atoms with Crippen LogP contribution >= 0.6 is 11.8 Å². The molecule has 2 rings (SSSR count). The molecule has 1 saturated carbocycles. The highest BCUT2D eigenvalue weighted by atomic mass is 32.2. The van der Waals surface area contributed by atoms with Crippen LogP contribution in [0.2, 0.25) is 0 Å². The summed E-state index contributed by atoms with van der Waals surface area (Å²) in [7, 11) is 0. The number of rotatable bonds is 6. The molecule has 1 aromatic rings. The number of hydrazine groups is 1. The van der Waals surface area contributed by atoms with Crippen molar-refractivity contribution >= 4 is 23.4 Å². The number of anilines is 2. The van der Waals surface area contributed by atoms with E-state index >= 15 is 0 Å². The lowest BCUT2D eigenvalue weighted by Gasteiger charge is -2.14. The van der Waals surface area contributed by atoms with Crippen LogP contribution in [0.15, 0.2) is 11.2 Å². The molecule has 0 spiro atoms. The third-order valence-corrected chi connectivity index (χ3v) is 3.94. The van der Waals surface area contributed by atoms with Crippen LogP contribution in [0, 0.1) is 5.41 Å². The molecule has 1 aliphatic carbocycles. The van der Waals surface area contributed by atoms with E-state index in [0.717, 1.165) is 17.5 Å². The van der Waals surface area contributed by atoms with Gasteiger partial charge in [-0.3, -0.25) is 0 Å². The molecule has 1 heterocycles. The molecule has 1 aliphatic rings. The Bertz CT molecular complexity index is 369. The Kier molecular flexibility index (Phi) is 3.73. The minimum absolute atomic E-state index is 0.501. The molecule has 1 fully saturated rings. The van der Waals surface area contributed by atoms with Crippen molar-refractivity contribution < 1.29 is 0 Å². The predicted molar refractivity (Wildman–Crippen MR) is 72.1 cm³/mol. The first-order valence-corrected chi connectivity index (χ1v) is 7.07. The fourth-order valence-corrected chi connectivity index (χ4v) is 2.17. The van der Waals surface area contributed by atoms with Crippen LogP contribution in [0.1, 0.15) is 26.2 Å². The van der Waals surface area contributed by atoms with Crippen molar-refractivity contribution in [2.45, 2.75) is 31.3 Å². The number of nitrogen functional groups attached to an aromatic ring is 1. The largest absolute Gasteiger partial charge is 0.369 e. The maximum absolute atomic E-state index is 5.39. The average molecular weight is 253 g/mol. The number of nitrogens with zero attached hydrogens (tertiary/aromatic N) is 2. The van der Waals surface area contributed by atoms with Gasteiger partial charge in [0.25, 0.3) is 0 Å². The van der Waals surface area contributed by atoms with Gasteiger partial charge in [-0.25, -0.2) is 15.8 Å². The van der Waals surface area contributed by atoms with E-state index in [4.69, 9.17) is 5.84 Å². The Labute approximate surface area is 106 Å². The average Bonchev–Trinajstić information content (AvgIpc) is 3.16. The van der Waals surface area contributed by atoms with Crippen LogP contribution in [-0.4, -0.2) is 22.8 Å². The maximum Gasteiger partial charge on any atom is 0.191 e. The van der Waals surface area contributed by atoms with Crippen molar-refractivity contribution in [3.63, 3.8) is 0 Å². The highest BCUT2D eigenvalue weighted by Crippen LogP contribution is 2.48. The molecule has 0 unspecified atom stereocenters. The molecule has 0 aromatic carbocycles. The number of aromatic nitrogens is 2. The standard InChI is InChI=1S/C11H19N5S/c1-3-11(4-5-11)7-13-8-6-9(16-12)15-10(14-8)17-2/h6H,3-5,7,12H2,1-2H3,(H2,13,14,15,16). The Balaban J connectivity index is 2.04. The molecule has 0 radical (unpaired) electrons. The Morgan fingerprint density at radius 2 is 2.12 bits per heavy atom. The molecule has 0 amide bonds. The van der Waals surface area contributed by atoms with Gasteiger partial charge < -0.3 is 10.7 Å². The molecule has 0 bridgehead atoms. The zero-order chi connectivity index (χ0) is 12.3. The molecule has 1 aromatic heterocycles. The summed E-state index contributed by atoms with van der Waals surface area (Å²) in [6, 6.07) is 1.84. The zero-order valence-corrected chi connectivity index (χ0v) is 11.1. The summed E-state index contributed by atoms with van der Waals surface area (Å²) in [5.41, 5.74) is 3.07. The Hall–Kier alpha value is -1.01. The number of nitrogens with one attached hydrogen (secondary N) is 2. The van der Waals surface area contributed by atoms with E-state index in [1.807, 2.05) is 12.3 Å². The van der Waals surface area contributed by atoms with E-state index in [9.17, 15) is 0 Å². The van der Waals surface area contributed by atoms with Gasteiger partial charge in [0.05, 0.1) is 0 Å². The van der Waals surface area contributed by atoms with Crippen molar-refractivity contribution in [1.82, 2.24) is 9.97 Å². The lowest BCUT2D eigenvalue weighted by atomic mass is 10.0. The van der Waals surface area contributed by atoms with Crippen LogP contribution in [0.4, 0.5) is 11.6 Å². The van der Waals surface area contributed by atoms with Gasteiger partial charge in [0.1, 0.15) is 11.6 Å². The highest BCUT2D eigenvalue weighted by molar-refractivity contribution is 7.98. The van der Waals surface area contributed by atoms with Crippen LogP contribution in [0.5, 0.6) is 0 Å². The Morgan fingerprint density at radius 1 is 1.41 bits per heavy atom. The third-order valence-electron chi connectivity index (χ3n) is 3.39. The van der Waals surface area contributed by atoms with Gasteiger partial charge in [0.15, 0.2) is 5.16 Å². The van der Waals surface area contributed by atoms with E-state index in [-0.39, 0.29) is 0 Å². The number of hydrogen-bond donors (Lipinski definition) is 3. The first-order valence-electron chi connectivity index (χ1n) is 5.85. The normalized spacial score (nSPS) is 16.6. The molecule has 17 heavy (non-hydrogen) atoms. The second kappa shape index (κ2) is 5.10. The van der Waals surface area contributed by atoms with Gasteiger partial charge in [0.2, 0.25) is 0 Å². The van der Waals surface area contributed by atoms with Crippen molar-refractivity contribution in [2.24, 2.45) is 11.3 Å². The molecule has 0 saturated heterocycles. The van der Waals surface area contributed by atoms with E-state index in [0.29, 0.717) is 11.2 Å². The Morgan fingerprint density at radius 3 is 2.65 bits per heavy atom. The van der Waals surface area contributed by atoms with Crippen LogP contribution in [0.25, 0.3) is 0 Å². The molecular weight excluding hydrogens is 234 g/mol. The highest BCUT2D eigenvalue weighted by Gasteiger charge is 2.40. The van der Waals surface area contributed by atoms with Crippen molar-refractivity contribution in [2.75, 3.05) is 23.5 Å². The number of hydrogen-bond acceptors (Lipinski definition) is 6. The van der Waals surface area contributed by atoms with Crippen LogP contribution < -0.4 is 16.6 Å². The molecule has 5 nitrogen and oxygen atoms in total. The van der Waals surface area contributed by atoms with Gasteiger partial charge in [0, 0.05) is 12.6 Å². The molecule has 4 N–H and O–H groups in total. The molecule has 6 heteroatoms. The number of nitrogens with two attached hydrogens (primary N) is 1. The second-order valence-electron chi connectivity index (χ2n) is 4.48. The summed E-state index contributed by atoms with van der Waals surface area (Å²) in [5, 5.41) is 4.11. The summed E-state index contributed by atoms with van der Waals surface area (Å²) in [4.78, 5) is 8.64. The fraction of sp³-hybridized carbons (Fsp3) is 0.636. The van der Waals surface area contributed by atoms with Crippen molar-refractivity contribution in [3.8, 4) is 0 Å². The summed E-state index contributed by atoms with van der Waals surface area (Å²) in [5.74, 6) is 6.88. The van der Waals surface area contributed by atoms with E-state index in [1.54, 1.807) is 0 Å². The quantitative estimate of drug-likeness (QED) is 0.312. The first-order chi connectivity index (χ1) is 8.21. The molecule has 94 valence electrons. The summed E-state index contributed by atoms with van der Waals surface area (Å²) in [6.07, 6.45) is 5.81. The second-order valence-corrected chi connectivity index (χ2v) is 5.25. The van der Waals surface area contributed by atoms with Crippen molar-refractivity contribution in [1.29, 1.82) is 0 Å². The molecular formula is C11H19N5S. The SMILES string of the molecule is CCC1(CNc2cc(NN)nc(SC)n2)CC1. The monoisotopic (exact) mass is 253 g/mol. The minimum atomic E-state index is 0.501. The lowest BCUT2D eigenvalue weighted by molar-refractivity contribution is 0.520. The fourth-order valence-electron chi connectivity index (χ4n) is 1.79. The van der Waals surface area contributed by atoms with Gasteiger partial charge in [-0.1, -0.05) is 18.7 Å². The number of thioether (sulfide) groups is 1. The van der Waals surface area contributed by atoms with Crippen molar-refractivity contribution in [3.05, 3.63) is 6.07 Å². The lowest BCUT2D eigenvalue weighted by Crippen LogP contribution is -2.16. The molecule has 0 atom stereocenters. The van der Waals surface area contributed by atoms with Gasteiger partial charge >= 0.3 is 0 Å². The van der Waals surface area contributed by atoms with Gasteiger partial charge in [-0.2, -0.15) is 0 Å². The predicted octanol–water partition coefficient (Wildman–Crippen LogP) is 2.09. The summed E-state index contributed by atoms with van der Waals surface area (Å²) < 4.78 is 0. The van der Waals surface area contributed by atoms with E-state index < -0.39 is 0 Å². The summed E-state index contributed by atoms with van der Waals surface area (Å²) in [6.45, 7) is 3.23. The minimum Gasteiger partial charge on any atom is -0.369 e. The van der Waals surface area contributed by atoms with E-state index in [2.05, 4.69) is 27.6 Å². The zero-order valence-electron chi connectivity index (χ0n) is 10.3. The van der Waals surface area contributed by atoms with E-state index in [1.165, 1.54) is 31.0 Å². The topological polar surface area (TPSA) is 75.9 Å². The van der Waals surface area contributed by atoms with Crippen LogP contribution in [-0.2, 0) is 0 Å². The third kappa shape index (κ3) is 3.01. The van der Waals surface area contributed by atoms with Gasteiger partial charge in [-0.05, 0) is 30.9 Å². The molecule has 0 aliphatic heterocycles. The maximum atomic E-state index is 5.39.